The van der Waals surface area contributed by atoms with Gasteiger partial charge in [-0.3, -0.25) is 4.79 Å². The molecule has 0 aliphatic heterocycles. The zero-order chi connectivity index (χ0) is 23.0. The van der Waals surface area contributed by atoms with Gasteiger partial charge in [0.1, 0.15) is 12.4 Å². The fourth-order valence-electron chi connectivity index (χ4n) is 3.06. The molecule has 1 aromatic carbocycles. The quantitative estimate of drug-likeness (QED) is 0.338. The van der Waals surface area contributed by atoms with Crippen molar-refractivity contribution in [3.05, 3.63) is 76.8 Å². The lowest BCUT2D eigenvalue weighted by atomic mass is 10.2. The van der Waals surface area contributed by atoms with Crippen molar-refractivity contribution in [3.8, 4) is 34.5 Å². The van der Waals surface area contributed by atoms with Gasteiger partial charge < -0.3 is 23.3 Å². The molecule has 9 nitrogen and oxygen atoms in total. The average Bonchev–Trinajstić information content (AvgIpc) is 3.32. The maximum Gasteiger partial charge on any atom is 0.259 e. The number of hydrogen-bond donors (Lipinski definition) is 0. The maximum atomic E-state index is 12.4. The van der Waals surface area contributed by atoms with Crippen LogP contribution in [0.4, 0.5) is 4.39 Å². The molecule has 3 heterocycles. The van der Waals surface area contributed by atoms with E-state index in [-0.39, 0.29) is 11.4 Å². The molecule has 0 radical (unpaired) electrons. The van der Waals surface area contributed by atoms with Gasteiger partial charge in [0.15, 0.2) is 0 Å². The SMILES string of the molecule is COCCOc1cc(Cn2cc(-c3nc(-c4ccc(OCF)cc4)no3)ccc2=O)ccn1. The number of halogens is 1. The van der Waals surface area contributed by atoms with Crippen LogP contribution in [0.15, 0.2) is 70.2 Å². The van der Waals surface area contributed by atoms with Crippen LogP contribution >= 0.6 is 0 Å². The van der Waals surface area contributed by atoms with Gasteiger partial charge in [0, 0.05) is 37.2 Å². The van der Waals surface area contributed by atoms with Crippen LogP contribution in [0.25, 0.3) is 22.8 Å². The first-order valence-electron chi connectivity index (χ1n) is 10.1. The lowest BCUT2D eigenvalue weighted by molar-refractivity contribution is 0.143. The number of nitrogens with zero attached hydrogens (tertiary/aromatic N) is 4. The summed E-state index contributed by atoms with van der Waals surface area (Å²) in [5, 5.41) is 4.00. The summed E-state index contributed by atoms with van der Waals surface area (Å²) in [6.45, 7) is 0.249. The number of pyridine rings is 2. The van der Waals surface area contributed by atoms with Crippen LogP contribution in [-0.4, -0.2) is 46.9 Å². The summed E-state index contributed by atoms with van der Waals surface area (Å²) < 4.78 is 34.5. The largest absolute Gasteiger partial charge is 0.475 e. The van der Waals surface area contributed by atoms with E-state index in [4.69, 9.17) is 18.7 Å². The molecule has 10 heteroatoms. The highest BCUT2D eigenvalue weighted by Gasteiger charge is 2.12. The van der Waals surface area contributed by atoms with Crippen molar-refractivity contribution >= 4 is 0 Å². The minimum atomic E-state index is -0.900. The zero-order valence-corrected chi connectivity index (χ0v) is 17.8. The van der Waals surface area contributed by atoms with E-state index in [9.17, 15) is 9.18 Å². The molecule has 0 bridgehead atoms. The second kappa shape index (κ2) is 10.5. The molecule has 4 rings (SSSR count). The number of rotatable bonds is 10. The third-order valence-corrected chi connectivity index (χ3v) is 4.68. The molecule has 0 saturated heterocycles. The lowest BCUT2D eigenvalue weighted by Crippen LogP contribution is -2.19. The summed E-state index contributed by atoms with van der Waals surface area (Å²) in [5.41, 5.74) is 1.94. The van der Waals surface area contributed by atoms with Crippen molar-refractivity contribution in [1.82, 2.24) is 19.7 Å². The Morgan fingerprint density at radius 2 is 1.85 bits per heavy atom. The molecule has 0 amide bonds. The van der Waals surface area contributed by atoms with E-state index in [2.05, 4.69) is 15.1 Å². The minimum absolute atomic E-state index is 0.180. The van der Waals surface area contributed by atoms with E-state index in [1.807, 2.05) is 6.07 Å². The second-order valence-electron chi connectivity index (χ2n) is 6.93. The molecule has 170 valence electrons. The fourth-order valence-corrected chi connectivity index (χ4v) is 3.06. The third kappa shape index (κ3) is 5.60. The molecule has 0 spiro atoms. The summed E-state index contributed by atoms with van der Waals surface area (Å²) in [5.74, 6) is 1.49. The number of ether oxygens (including phenoxy) is 3. The second-order valence-corrected chi connectivity index (χ2v) is 6.93. The summed E-state index contributed by atoms with van der Waals surface area (Å²) in [4.78, 5) is 21.0. The Labute approximate surface area is 188 Å². The fraction of sp³-hybridized carbons (Fsp3) is 0.217. The van der Waals surface area contributed by atoms with E-state index in [0.717, 1.165) is 5.56 Å². The first-order chi connectivity index (χ1) is 16.2. The monoisotopic (exact) mass is 452 g/mol. The van der Waals surface area contributed by atoms with Crippen LogP contribution in [0.1, 0.15) is 5.56 Å². The van der Waals surface area contributed by atoms with Crippen molar-refractivity contribution in [3.63, 3.8) is 0 Å². The summed E-state index contributed by atoms with van der Waals surface area (Å²) in [6.07, 6.45) is 3.28. The number of aromatic nitrogens is 4. The van der Waals surface area contributed by atoms with Crippen molar-refractivity contribution in [2.24, 2.45) is 0 Å². The Bertz CT molecular complexity index is 1260. The molecule has 0 fully saturated rings. The first kappa shape index (κ1) is 22.2. The smallest absolute Gasteiger partial charge is 0.259 e. The van der Waals surface area contributed by atoms with Gasteiger partial charge in [-0.15, -0.1) is 0 Å². The third-order valence-electron chi connectivity index (χ3n) is 4.68. The standard InChI is InChI=1S/C23H21FN4O5/c1-30-10-11-31-20-12-16(8-9-25-20)13-28-14-18(4-7-21(28)29)23-26-22(27-33-23)17-2-5-19(6-3-17)32-15-24/h2-9,12,14H,10-11,13,15H2,1H3. The van der Waals surface area contributed by atoms with Crippen LogP contribution in [0.2, 0.25) is 0 Å². The van der Waals surface area contributed by atoms with Gasteiger partial charge in [0.05, 0.1) is 18.7 Å². The summed E-state index contributed by atoms with van der Waals surface area (Å²) >= 11 is 0. The number of alkyl halides is 1. The molecule has 0 unspecified atom stereocenters. The minimum Gasteiger partial charge on any atom is -0.475 e. The first-order valence-corrected chi connectivity index (χ1v) is 10.1. The van der Waals surface area contributed by atoms with Gasteiger partial charge in [0.25, 0.3) is 11.4 Å². The Hall–Kier alpha value is -4.05. The van der Waals surface area contributed by atoms with E-state index >= 15 is 0 Å². The summed E-state index contributed by atoms with van der Waals surface area (Å²) in [6, 6.07) is 13.3. The van der Waals surface area contributed by atoms with Crippen LogP contribution in [0, 0.1) is 0 Å². The molecule has 0 aliphatic carbocycles. The number of hydrogen-bond acceptors (Lipinski definition) is 8. The molecule has 33 heavy (non-hydrogen) atoms. The molecule has 4 aromatic rings. The van der Waals surface area contributed by atoms with Crippen molar-refractivity contribution < 1.29 is 23.1 Å². The Kier molecular flexibility index (Phi) is 7.06. The lowest BCUT2D eigenvalue weighted by Gasteiger charge is -2.09. The van der Waals surface area contributed by atoms with Crippen molar-refractivity contribution in [2.75, 3.05) is 27.2 Å². The van der Waals surface area contributed by atoms with E-state index in [1.165, 1.54) is 10.6 Å². The van der Waals surface area contributed by atoms with E-state index in [0.29, 0.717) is 48.3 Å². The topological polar surface area (TPSA) is 102 Å². The van der Waals surface area contributed by atoms with Gasteiger partial charge in [0.2, 0.25) is 18.6 Å². The highest BCUT2D eigenvalue weighted by atomic mass is 19.1. The van der Waals surface area contributed by atoms with E-state index < -0.39 is 6.86 Å². The van der Waals surface area contributed by atoms with Crippen LogP contribution in [-0.2, 0) is 11.3 Å². The molecule has 0 saturated carbocycles. The molecule has 0 aliphatic rings. The Morgan fingerprint density at radius 3 is 2.64 bits per heavy atom. The van der Waals surface area contributed by atoms with Crippen molar-refractivity contribution in [1.29, 1.82) is 0 Å². The number of benzene rings is 1. The highest BCUT2D eigenvalue weighted by molar-refractivity contribution is 5.59. The highest BCUT2D eigenvalue weighted by Crippen LogP contribution is 2.23. The van der Waals surface area contributed by atoms with Crippen molar-refractivity contribution in [2.45, 2.75) is 6.54 Å². The van der Waals surface area contributed by atoms with Gasteiger partial charge in [-0.2, -0.15) is 4.98 Å². The summed E-state index contributed by atoms with van der Waals surface area (Å²) in [7, 11) is 1.60. The number of methoxy groups -OCH3 is 1. The van der Waals surface area contributed by atoms with Crippen LogP contribution < -0.4 is 15.0 Å². The maximum absolute atomic E-state index is 12.4. The van der Waals surface area contributed by atoms with Gasteiger partial charge in [-0.05, 0) is 42.0 Å². The predicted octanol–water partition coefficient (Wildman–Crippen LogP) is 3.34. The van der Waals surface area contributed by atoms with Gasteiger partial charge in [-0.1, -0.05) is 5.16 Å². The molecule has 0 atom stereocenters. The molecule has 0 N–H and O–H groups in total. The van der Waals surface area contributed by atoms with E-state index in [1.54, 1.807) is 55.9 Å². The normalized spacial score (nSPS) is 10.8. The van der Waals surface area contributed by atoms with Crippen LogP contribution in [0.5, 0.6) is 11.6 Å². The van der Waals surface area contributed by atoms with Gasteiger partial charge in [-0.25, -0.2) is 9.37 Å². The zero-order valence-electron chi connectivity index (χ0n) is 17.8. The average molecular weight is 452 g/mol. The molecule has 3 aromatic heterocycles. The molecular weight excluding hydrogens is 431 g/mol. The predicted molar refractivity (Wildman–Crippen MR) is 117 cm³/mol. The Balaban J connectivity index is 1.52. The molecular formula is C23H21FN4O5. The van der Waals surface area contributed by atoms with Gasteiger partial charge >= 0.3 is 0 Å². The van der Waals surface area contributed by atoms with Crippen LogP contribution in [0.3, 0.4) is 0 Å². The Morgan fingerprint density at radius 1 is 1.03 bits per heavy atom.